The number of halogens is 1. The number of hydrogen-bond acceptors (Lipinski definition) is 7. The molecule has 1 atom stereocenters. The van der Waals surface area contributed by atoms with Gasteiger partial charge >= 0.3 is 6.09 Å². The zero-order valence-corrected chi connectivity index (χ0v) is 21.7. The molecule has 10 heteroatoms. The number of benzene rings is 3. The number of methoxy groups -OCH3 is 1. The van der Waals surface area contributed by atoms with Crippen molar-refractivity contribution < 1.29 is 23.8 Å². The van der Waals surface area contributed by atoms with Crippen molar-refractivity contribution in [2.75, 3.05) is 18.6 Å². The van der Waals surface area contributed by atoms with Crippen LogP contribution in [0.2, 0.25) is 0 Å². The van der Waals surface area contributed by atoms with Gasteiger partial charge in [0, 0.05) is 29.3 Å². The molecular weight excluding hydrogens is 507 g/mol. The minimum atomic E-state index is -1.09. The van der Waals surface area contributed by atoms with Crippen molar-refractivity contribution in [1.29, 1.82) is 0 Å². The van der Waals surface area contributed by atoms with Crippen LogP contribution in [-0.4, -0.2) is 45.9 Å². The van der Waals surface area contributed by atoms with Crippen LogP contribution >= 0.6 is 11.3 Å². The second-order valence-corrected chi connectivity index (χ2v) is 10.3. The number of hydrogen-bond donors (Lipinski definition) is 1. The molecule has 0 saturated heterocycles. The largest absolute Gasteiger partial charge is 0.485 e. The first-order chi connectivity index (χ1) is 18.3. The standard InChI is InChI=1S/C28H23FN4O4S/c1-14-4-6-16(7-5-14)33(28(34)35)13-17-10-19-25(37-17)20(29)11-22-26(19)38-27(32-22)18-8-15(2)9-21-24(18)30-12-23(31-21)36-3/h4-9,11-12,17H,10,13H2,1-3H3,(H,34,35)/t17-/m0/s1. The van der Waals surface area contributed by atoms with Gasteiger partial charge in [0.05, 0.1) is 41.1 Å². The number of amides is 1. The molecule has 3 heterocycles. The highest BCUT2D eigenvalue weighted by molar-refractivity contribution is 7.22. The van der Waals surface area contributed by atoms with Crippen LogP contribution in [0.1, 0.15) is 16.7 Å². The SMILES string of the molecule is COc1cnc2c(-c3nc4cc(F)c5c(c4s3)C[C@@H](CN(C(=O)O)c3ccc(C)cc3)O5)cc(C)cc2n1. The fraction of sp³-hybridized carbons (Fsp3) is 0.214. The van der Waals surface area contributed by atoms with Crippen LogP contribution < -0.4 is 14.4 Å². The maximum Gasteiger partial charge on any atom is 0.411 e. The van der Waals surface area contributed by atoms with Crippen LogP contribution in [0.5, 0.6) is 11.6 Å². The van der Waals surface area contributed by atoms with Gasteiger partial charge in [-0.05, 0) is 43.7 Å². The summed E-state index contributed by atoms with van der Waals surface area (Å²) in [6.07, 6.45) is 0.299. The van der Waals surface area contributed by atoms with E-state index in [9.17, 15) is 9.90 Å². The Hall–Kier alpha value is -4.31. The van der Waals surface area contributed by atoms with Crippen molar-refractivity contribution in [2.45, 2.75) is 26.4 Å². The lowest BCUT2D eigenvalue weighted by Crippen LogP contribution is -2.38. The Bertz CT molecular complexity index is 1720. The van der Waals surface area contributed by atoms with Crippen LogP contribution in [-0.2, 0) is 6.42 Å². The Morgan fingerprint density at radius 3 is 2.68 bits per heavy atom. The third-order valence-electron chi connectivity index (χ3n) is 6.57. The van der Waals surface area contributed by atoms with Gasteiger partial charge in [-0.25, -0.2) is 24.1 Å². The smallest absolute Gasteiger partial charge is 0.411 e. The first kappa shape index (κ1) is 24.1. The number of anilines is 1. The highest BCUT2D eigenvalue weighted by atomic mass is 32.1. The van der Waals surface area contributed by atoms with Crippen molar-refractivity contribution in [2.24, 2.45) is 0 Å². The summed E-state index contributed by atoms with van der Waals surface area (Å²) in [4.78, 5) is 27.1. The molecule has 0 unspecified atom stereocenters. The lowest BCUT2D eigenvalue weighted by atomic mass is 10.1. The number of aromatic nitrogens is 3. The van der Waals surface area contributed by atoms with E-state index in [1.165, 1.54) is 22.3 Å². The first-order valence-electron chi connectivity index (χ1n) is 12.0. The van der Waals surface area contributed by atoms with Crippen LogP contribution in [0.15, 0.2) is 48.7 Å². The highest BCUT2D eigenvalue weighted by Crippen LogP contribution is 2.43. The topological polar surface area (TPSA) is 97.7 Å². The molecule has 3 aromatic carbocycles. The molecular formula is C28H23FN4O4S. The fourth-order valence-electron chi connectivity index (χ4n) is 4.78. The van der Waals surface area contributed by atoms with E-state index in [4.69, 9.17) is 14.5 Å². The van der Waals surface area contributed by atoms with E-state index in [0.29, 0.717) is 45.1 Å². The molecule has 0 bridgehead atoms. The van der Waals surface area contributed by atoms with Gasteiger partial charge in [-0.3, -0.25) is 4.90 Å². The molecule has 1 amide bonds. The van der Waals surface area contributed by atoms with Gasteiger partial charge < -0.3 is 14.6 Å². The molecule has 0 saturated carbocycles. The summed E-state index contributed by atoms with van der Waals surface area (Å²) in [5.74, 6) is 0.0655. The first-order valence-corrected chi connectivity index (χ1v) is 12.8. The van der Waals surface area contributed by atoms with E-state index in [1.54, 1.807) is 25.4 Å². The Balaban J connectivity index is 1.37. The van der Waals surface area contributed by atoms with E-state index >= 15 is 4.39 Å². The maximum atomic E-state index is 15.1. The normalized spacial score (nSPS) is 14.5. The quantitative estimate of drug-likeness (QED) is 0.291. The number of carbonyl (C=O) groups is 1. The summed E-state index contributed by atoms with van der Waals surface area (Å²) >= 11 is 1.44. The van der Waals surface area contributed by atoms with Gasteiger partial charge in [0.25, 0.3) is 0 Å². The fourth-order valence-corrected chi connectivity index (χ4v) is 5.89. The van der Waals surface area contributed by atoms with E-state index in [0.717, 1.165) is 21.4 Å². The maximum absolute atomic E-state index is 15.1. The lowest BCUT2D eigenvalue weighted by Gasteiger charge is -2.22. The summed E-state index contributed by atoms with van der Waals surface area (Å²) in [5, 5.41) is 10.5. The molecule has 38 heavy (non-hydrogen) atoms. The molecule has 1 N–H and O–H groups in total. The molecule has 6 rings (SSSR count). The van der Waals surface area contributed by atoms with Crippen molar-refractivity contribution in [3.05, 3.63) is 71.2 Å². The molecule has 2 aromatic heterocycles. The molecule has 0 spiro atoms. The third-order valence-corrected chi connectivity index (χ3v) is 7.73. The number of fused-ring (bicyclic) bond motifs is 4. The van der Waals surface area contributed by atoms with Crippen LogP contribution in [0.25, 0.3) is 31.8 Å². The monoisotopic (exact) mass is 530 g/mol. The molecule has 0 fully saturated rings. The minimum Gasteiger partial charge on any atom is -0.485 e. The highest BCUT2D eigenvalue weighted by Gasteiger charge is 2.32. The second-order valence-electron chi connectivity index (χ2n) is 9.30. The van der Waals surface area contributed by atoms with Crippen LogP contribution in [0, 0.1) is 19.7 Å². The Morgan fingerprint density at radius 2 is 1.95 bits per heavy atom. The van der Waals surface area contributed by atoms with E-state index in [2.05, 4.69) is 9.97 Å². The number of carboxylic acid groups (broad SMARTS) is 1. The zero-order valence-electron chi connectivity index (χ0n) is 20.9. The molecule has 8 nitrogen and oxygen atoms in total. The van der Waals surface area contributed by atoms with Crippen molar-refractivity contribution >= 4 is 44.4 Å². The van der Waals surface area contributed by atoms with E-state index in [-0.39, 0.29) is 12.3 Å². The molecule has 5 aromatic rings. The van der Waals surface area contributed by atoms with Gasteiger partial charge in [0.1, 0.15) is 11.1 Å². The van der Waals surface area contributed by atoms with Gasteiger partial charge in [-0.2, -0.15) is 0 Å². The molecule has 1 aliphatic heterocycles. The number of thiazole rings is 1. The van der Waals surface area contributed by atoms with E-state index < -0.39 is 18.0 Å². The molecule has 192 valence electrons. The van der Waals surface area contributed by atoms with Crippen molar-refractivity contribution in [3.8, 4) is 22.2 Å². The Kier molecular flexibility index (Phi) is 5.83. The summed E-state index contributed by atoms with van der Waals surface area (Å²) in [6, 6.07) is 12.5. The van der Waals surface area contributed by atoms with Gasteiger partial charge in [0.15, 0.2) is 11.6 Å². The zero-order chi connectivity index (χ0) is 26.6. The summed E-state index contributed by atoms with van der Waals surface area (Å²) in [6.45, 7) is 3.97. The van der Waals surface area contributed by atoms with Crippen molar-refractivity contribution in [3.63, 3.8) is 0 Å². The van der Waals surface area contributed by atoms with Gasteiger partial charge in [-0.15, -0.1) is 11.3 Å². The summed E-state index contributed by atoms with van der Waals surface area (Å²) in [5.41, 5.74) is 5.94. The number of nitrogens with zero attached hydrogens (tertiary/aromatic N) is 4. The second kappa shape index (κ2) is 9.21. The van der Waals surface area contributed by atoms with Crippen molar-refractivity contribution in [1.82, 2.24) is 15.0 Å². The predicted molar refractivity (Wildman–Crippen MR) is 144 cm³/mol. The van der Waals surface area contributed by atoms with Gasteiger partial charge in [-0.1, -0.05) is 17.7 Å². The lowest BCUT2D eigenvalue weighted by molar-refractivity contribution is 0.190. The molecule has 0 radical (unpaired) electrons. The number of ether oxygens (including phenoxy) is 2. The molecule has 0 aliphatic carbocycles. The number of aryl methyl sites for hydroxylation is 2. The average molecular weight is 531 g/mol. The molecule has 1 aliphatic rings. The third kappa shape index (κ3) is 4.16. The minimum absolute atomic E-state index is 0.0691. The predicted octanol–water partition coefficient (Wildman–Crippen LogP) is 6.16. The van der Waals surface area contributed by atoms with Crippen LogP contribution in [0.4, 0.5) is 14.9 Å². The van der Waals surface area contributed by atoms with E-state index in [1.807, 2.05) is 38.1 Å². The summed E-state index contributed by atoms with van der Waals surface area (Å²) < 4.78 is 27.1. The Morgan fingerprint density at radius 1 is 1.16 bits per heavy atom. The average Bonchev–Trinajstić information content (AvgIpc) is 3.51. The Labute approximate surface area is 221 Å². The number of rotatable bonds is 5. The van der Waals surface area contributed by atoms with Crippen LogP contribution in [0.3, 0.4) is 0 Å². The van der Waals surface area contributed by atoms with Gasteiger partial charge in [0.2, 0.25) is 5.88 Å². The summed E-state index contributed by atoms with van der Waals surface area (Å²) in [7, 11) is 1.54.